The van der Waals surface area contributed by atoms with Crippen LogP contribution in [0.2, 0.25) is 0 Å². The van der Waals surface area contributed by atoms with Crippen LogP contribution in [0.5, 0.6) is 0 Å². The lowest BCUT2D eigenvalue weighted by molar-refractivity contribution is -0.131. The van der Waals surface area contributed by atoms with Crippen molar-refractivity contribution in [2.24, 2.45) is 0 Å². The number of hydrogen-bond donors (Lipinski definition) is 1. The van der Waals surface area contributed by atoms with Crippen LogP contribution < -0.4 is 0 Å². The van der Waals surface area contributed by atoms with Crippen LogP contribution in [0.4, 0.5) is 0 Å². The van der Waals surface area contributed by atoms with Crippen molar-refractivity contribution in [1.29, 1.82) is 0 Å². The molecule has 0 saturated carbocycles. The number of hydrogen-bond acceptors (Lipinski definition) is 3. The molecule has 1 aromatic carbocycles. The van der Waals surface area contributed by atoms with E-state index in [9.17, 15) is 4.79 Å². The van der Waals surface area contributed by atoms with E-state index >= 15 is 0 Å². The van der Waals surface area contributed by atoms with Crippen molar-refractivity contribution < 1.29 is 19.4 Å². The van der Waals surface area contributed by atoms with E-state index in [2.05, 4.69) is 0 Å². The fourth-order valence-electron chi connectivity index (χ4n) is 2.04. The second-order valence-electron chi connectivity index (χ2n) is 4.49. The smallest absolute Gasteiger partial charge is 0.328 e. The number of rotatable bonds is 5. The molecule has 0 unspecified atom stereocenters. The summed E-state index contributed by atoms with van der Waals surface area (Å²) in [5, 5.41) is 8.67. The van der Waals surface area contributed by atoms with Gasteiger partial charge in [0.25, 0.3) is 0 Å². The van der Waals surface area contributed by atoms with Gasteiger partial charge in [-0.1, -0.05) is 24.3 Å². The van der Waals surface area contributed by atoms with Gasteiger partial charge in [0.05, 0.1) is 12.7 Å². The fourth-order valence-corrected chi connectivity index (χ4v) is 2.04. The molecule has 4 nitrogen and oxygen atoms in total. The van der Waals surface area contributed by atoms with Gasteiger partial charge in [0.1, 0.15) is 0 Å². The summed E-state index contributed by atoms with van der Waals surface area (Å²) in [5.41, 5.74) is 1.89. The van der Waals surface area contributed by atoms with Gasteiger partial charge >= 0.3 is 5.97 Å². The van der Waals surface area contributed by atoms with Crippen LogP contribution in [0, 0.1) is 0 Å². The van der Waals surface area contributed by atoms with Crippen molar-refractivity contribution in [3.8, 4) is 0 Å². The van der Waals surface area contributed by atoms with Gasteiger partial charge < -0.3 is 14.6 Å². The van der Waals surface area contributed by atoms with Gasteiger partial charge in [-0.3, -0.25) is 0 Å². The minimum absolute atomic E-state index is 0.241. The first-order valence-electron chi connectivity index (χ1n) is 6.44. The largest absolute Gasteiger partial charge is 0.478 e. The highest BCUT2D eigenvalue weighted by atomic mass is 16.5. The summed E-state index contributed by atoms with van der Waals surface area (Å²) in [6.07, 6.45) is 4.84. The molecule has 0 bridgehead atoms. The van der Waals surface area contributed by atoms with Gasteiger partial charge in [0.15, 0.2) is 0 Å². The van der Waals surface area contributed by atoms with E-state index in [0.717, 1.165) is 43.3 Å². The molecule has 4 heteroatoms. The summed E-state index contributed by atoms with van der Waals surface area (Å²) in [5.74, 6) is -0.944. The molecule has 2 rings (SSSR count). The van der Waals surface area contributed by atoms with E-state index in [0.29, 0.717) is 6.61 Å². The molecular weight excluding hydrogens is 244 g/mol. The van der Waals surface area contributed by atoms with Crippen molar-refractivity contribution in [2.75, 3.05) is 13.2 Å². The number of aliphatic carboxylic acids is 1. The van der Waals surface area contributed by atoms with Crippen LogP contribution in [0.15, 0.2) is 30.3 Å². The zero-order valence-corrected chi connectivity index (χ0v) is 10.7. The quantitative estimate of drug-likeness (QED) is 0.828. The summed E-state index contributed by atoms with van der Waals surface area (Å²) in [4.78, 5) is 10.6. The minimum Gasteiger partial charge on any atom is -0.478 e. The average molecular weight is 262 g/mol. The van der Waals surface area contributed by atoms with Crippen molar-refractivity contribution in [3.63, 3.8) is 0 Å². The zero-order chi connectivity index (χ0) is 13.5. The predicted molar refractivity (Wildman–Crippen MR) is 71.7 cm³/mol. The van der Waals surface area contributed by atoms with Gasteiger partial charge in [0, 0.05) is 19.3 Å². The molecular formula is C15H18O4. The maximum Gasteiger partial charge on any atom is 0.328 e. The normalized spacial score (nSPS) is 16.8. The molecule has 1 saturated heterocycles. The number of carboxylic acids is 1. The number of benzene rings is 1. The molecule has 1 aromatic rings. The molecule has 1 aliphatic rings. The van der Waals surface area contributed by atoms with E-state index in [4.69, 9.17) is 14.6 Å². The lowest BCUT2D eigenvalue weighted by Gasteiger charge is -2.22. The third kappa shape index (κ3) is 4.50. The Hall–Kier alpha value is -1.65. The average Bonchev–Trinajstić information content (AvgIpc) is 2.45. The molecule has 0 aromatic heterocycles. The van der Waals surface area contributed by atoms with E-state index in [1.165, 1.54) is 0 Å². The first-order chi connectivity index (χ1) is 9.25. The first-order valence-corrected chi connectivity index (χ1v) is 6.44. The molecule has 0 aliphatic carbocycles. The Morgan fingerprint density at radius 2 is 2.11 bits per heavy atom. The van der Waals surface area contributed by atoms with Crippen LogP contribution in [0.3, 0.4) is 0 Å². The molecule has 0 atom stereocenters. The van der Waals surface area contributed by atoms with Crippen molar-refractivity contribution in [3.05, 3.63) is 41.5 Å². The van der Waals surface area contributed by atoms with E-state index in [1.54, 1.807) is 6.08 Å². The Balaban J connectivity index is 1.96. The minimum atomic E-state index is -0.944. The van der Waals surface area contributed by atoms with Crippen molar-refractivity contribution in [2.45, 2.75) is 25.6 Å². The number of ether oxygens (including phenoxy) is 2. The third-order valence-corrected chi connectivity index (χ3v) is 3.10. The maximum atomic E-state index is 10.6. The molecule has 1 aliphatic heterocycles. The summed E-state index contributed by atoms with van der Waals surface area (Å²) >= 11 is 0. The van der Waals surface area contributed by atoms with Gasteiger partial charge in [0.2, 0.25) is 0 Å². The molecule has 1 N–H and O–H groups in total. The zero-order valence-electron chi connectivity index (χ0n) is 10.7. The van der Waals surface area contributed by atoms with Crippen LogP contribution in [0.1, 0.15) is 24.0 Å². The van der Waals surface area contributed by atoms with Gasteiger partial charge in [-0.25, -0.2) is 4.79 Å². The summed E-state index contributed by atoms with van der Waals surface area (Å²) in [6.45, 7) is 2.02. The van der Waals surface area contributed by atoms with E-state index in [-0.39, 0.29) is 6.10 Å². The van der Waals surface area contributed by atoms with Crippen molar-refractivity contribution in [1.82, 2.24) is 0 Å². The Kier molecular flexibility index (Phi) is 5.12. The van der Waals surface area contributed by atoms with Gasteiger partial charge in [-0.05, 0) is 30.0 Å². The first kappa shape index (κ1) is 13.8. The Morgan fingerprint density at radius 3 is 2.84 bits per heavy atom. The van der Waals surface area contributed by atoms with Crippen LogP contribution in [-0.2, 0) is 20.9 Å². The standard InChI is InChI=1S/C15H18O4/c16-15(17)6-5-12-3-1-2-4-13(12)11-19-14-7-9-18-10-8-14/h1-6,14H,7-11H2,(H,16,17). The molecule has 1 fully saturated rings. The number of carboxylic acid groups (broad SMARTS) is 1. The fraction of sp³-hybridized carbons (Fsp3) is 0.400. The molecule has 102 valence electrons. The SMILES string of the molecule is O=C(O)C=Cc1ccccc1COC1CCOCC1. The summed E-state index contributed by atoms with van der Waals surface area (Å²) in [7, 11) is 0. The van der Waals surface area contributed by atoms with Crippen molar-refractivity contribution >= 4 is 12.0 Å². The monoisotopic (exact) mass is 262 g/mol. The third-order valence-electron chi connectivity index (χ3n) is 3.10. The Morgan fingerprint density at radius 1 is 1.37 bits per heavy atom. The molecule has 19 heavy (non-hydrogen) atoms. The second-order valence-corrected chi connectivity index (χ2v) is 4.49. The second kappa shape index (κ2) is 7.07. The highest BCUT2D eigenvalue weighted by Gasteiger charge is 2.14. The summed E-state index contributed by atoms with van der Waals surface area (Å²) in [6, 6.07) is 7.67. The molecule has 0 radical (unpaired) electrons. The van der Waals surface area contributed by atoms with E-state index in [1.807, 2.05) is 24.3 Å². The Bertz CT molecular complexity index is 447. The Labute approximate surface area is 112 Å². The maximum absolute atomic E-state index is 10.6. The van der Waals surface area contributed by atoms with Crippen LogP contribution >= 0.6 is 0 Å². The topological polar surface area (TPSA) is 55.8 Å². The number of carbonyl (C=O) groups is 1. The van der Waals surface area contributed by atoms with Crippen LogP contribution in [-0.4, -0.2) is 30.4 Å². The lowest BCUT2D eigenvalue weighted by atomic mass is 10.1. The molecule has 0 spiro atoms. The molecule has 0 amide bonds. The highest BCUT2D eigenvalue weighted by Crippen LogP contribution is 2.16. The highest BCUT2D eigenvalue weighted by molar-refractivity contribution is 5.85. The predicted octanol–water partition coefficient (Wildman–Crippen LogP) is 2.48. The molecule has 1 heterocycles. The van der Waals surface area contributed by atoms with Gasteiger partial charge in [-0.2, -0.15) is 0 Å². The lowest BCUT2D eigenvalue weighted by Crippen LogP contribution is -2.23. The van der Waals surface area contributed by atoms with Crippen LogP contribution in [0.25, 0.3) is 6.08 Å². The summed E-state index contributed by atoms with van der Waals surface area (Å²) < 4.78 is 11.1. The van der Waals surface area contributed by atoms with E-state index < -0.39 is 5.97 Å². The van der Waals surface area contributed by atoms with Gasteiger partial charge in [-0.15, -0.1) is 0 Å².